The summed E-state index contributed by atoms with van der Waals surface area (Å²) in [5.41, 5.74) is 4.74. The molecular weight excluding hydrogens is 442 g/mol. The lowest BCUT2D eigenvalue weighted by Gasteiger charge is -2.18. The maximum atomic E-state index is 12.8. The summed E-state index contributed by atoms with van der Waals surface area (Å²) in [5.74, 6) is -1.64. The van der Waals surface area contributed by atoms with Crippen LogP contribution in [0.2, 0.25) is 0 Å². The number of amides is 3. The second-order valence-corrected chi connectivity index (χ2v) is 7.66. The van der Waals surface area contributed by atoms with Gasteiger partial charge in [-0.1, -0.05) is 32.8 Å². The zero-order chi connectivity index (χ0) is 25.5. The predicted octanol–water partition coefficient (Wildman–Crippen LogP) is 0.292. The van der Waals surface area contributed by atoms with E-state index < -0.39 is 29.4 Å². The van der Waals surface area contributed by atoms with Crippen LogP contribution in [0.5, 0.6) is 0 Å². The number of aromatic nitrogens is 1. The highest BCUT2D eigenvalue weighted by Gasteiger charge is 2.21. The third-order valence-electron chi connectivity index (χ3n) is 5.25. The van der Waals surface area contributed by atoms with Gasteiger partial charge in [0.25, 0.3) is 5.56 Å². The molecule has 34 heavy (non-hydrogen) atoms. The molecule has 0 saturated heterocycles. The maximum Gasteiger partial charge on any atom is 0.330 e. The monoisotopic (exact) mass is 477 g/mol. The molecule has 0 bridgehead atoms. The first kappa shape index (κ1) is 28.6. The summed E-state index contributed by atoms with van der Waals surface area (Å²) in [4.78, 5) is 60.7. The molecule has 0 unspecified atom stereocenters. The van der Waals surface area contributed by atoms with E-state index in [-0.39, 0.29) is 37.5 Å². The summed E-state index contributed by atoms with van der Waals surface area (Å²) < 4.78 is 5.70. The molecule has 5 N–H and O–H groups in total. The highest BCUT2D eigenvalue weighted by Crippen LogP contribution is 2.06. The number of rotatable bonds is 14. The molecule has 1 aromatic heterocycles. The first-order valence-electron chi connectivity index (χ1n) is 11.3. The van der Waals surface area contributed by atoms with Crippen LogP contribution in [0.4, 0.5) is 5.69 Å². The number of methoxy groups -OCH3 is 1. The van der Waals surface area contributed by atoms with Crippen LogP contribution in [0.25, 0.3) is 0 Å². The lowest BCUT2D eigenvalue weighted by molar-refractivity contribution is -0.134. The molecule has 11 nitrogen and oxygen atoms in total. The van der Waals surface area contributed by atoms with Gasteiger partial charge in [0.05, 0.1) is 13.7 Å². The fraction of sp³-hybridized carbons (Fsp3) is 0.522. The number of hydrogen-bond donors (Lipinski definition) is 4. The number of pyridine rings is 1. The number of nitrogens with one attached hydrogen (secondary N) is 3. The van der Waals surface area contributed by atoms with Crippen molar-refractivity contribution < 1.29 is 23.9 Å². The normalized spacial score (nSPS) is 11.8. The number of carbonyl (C=O) groups is 4. The van der Waals surface area contributed by atoms with Gasteiger partial charge >= 0.3 is 5.97 Å². The van der Waals surface area contributed by atoms with E-state index in [4.69, 9.17) is 5.73 Å². The molecule has 0 spiro atoms. The molecule has 0 aromatic carbocycles. The summed E-state index contributed by atoms with van der Waals surface area (Å²) in [6.45, 7) is 4.13. The Bertz CT molecular complexity index is 923. The first-order valence-corrected chi connectivity index (χ1v) is 11.3. The topological polar surface area (TPSA) is 162 Å². The second-order valence-electron chi connectivity index (χ2n) is 7.66. The van der Waals surface area contributed by atoms with Crippen molar-refractivity contribution in [1.29, 1.82) is 0 Å². The van der Waals surface area contributed by atoms with E-state index in [0.29, 0.717) is 12.5 Å². The van der Waals surface area contributed by atoms with Gasteiger partial charge in [-0.2, -0.15) is 0 Å². The van der Waals surface area contributed by atoms with Gasteiger partial charge in [-0.05, 0) is 30.9 Å². The molecule has 1 heterocycles. The van der Waals surface area contributed by atoms with E-state index >= 15 is 0 Å². The van der Waals surface area contributed by atoms with Gasteiger partial charge in [0.15, 0.2) is 0 Å². The van der Waals surface area contributed by atoms with E-state index in [1.54, 1.807) is 0 Å². The van der Waals surface area contributed by atoms with Crippen molar-refractivity contribution in [2.24, 2.45) is 11.7 Å². The summed E-state index contributed by atoms with van der Waals surface area (Å²) in [6.07, 6.45) is 6.51. The fourth-order valence-electron chi connectivity index (χ4n) is 3.06. The first-order chi connectivity index (χ1) is 16.2. The quantitative estimate of drug-likeness (QED) is 0.221. The van der Waals surface area contributed by atoms with E-state index in [1.807, 2.05) is 0 Å². The molecule has 0 fully saturated rings. The molecule has 11 heteroatoms. The van der Waals surface area contributed by atoms with Gasteiger partial charge in [-0.25, -0.2) is 4.79 Å². The van der Waals surface area contributed by atoms with Gasteiger partial charge in [-0.3, -0.25) is 19.2 Å². The number of esters is 1. The Hall–Kier alpha value is -3.47. The van der Waals surface area contributed by atoms with E-state index in [2.05, 4.69) is 34.5 Å². The summed E-state index contributed by atoms with van der Waals surface area (Å²) in [7, 11) is 1.24. The number of nitrogens with two attached hydrogens (primary N) is 1. The minimum Gasteiger partial charge on any atom is -0.466 e. The molecule has 1 aromatic rings. The van der Waals surface area contributed by atoms with Crippen LogP contribution in [-0.2, 0) is 30.5 Å². The molecule has 188 valence electrons. The number of hydrogen-bond acceptors (Lipinski definition) is 7. The van der Waals surface area contributed by atoms with Crippen molar-refractivity contribution in [3.05, 3.63) is 40.8 Å². The van der Waals surface area contributed by atoms with Crippen molar-refractivity contribution in [2.45, 2.75) is 52.1 Å². The zero-order valence-corrected chi connectivity index (χ0v) is 20.0. The highest BCUT2D eigenvalue weighted by molar-refractivity contribution is 5.97. The number of anilines is 1. The van der Waals surface area contributed by atoms with Crippen molar-refractivity contribution in [3.8, 4) is 0 Å². The van der Waals surface area contributed by atoms with Crippen molar-refractivity contribution >= 4 is 29.4 Å². The Kier molecular flexibility index (Phi) is 12.9. The predicted molar refractivity (Wildman–Crippen MR) is 128 cm³/mol. The lowest BCUT2D eigenvalue weighted by atomic mass is 10.0. The van der Waals surface area contributed by atoms with Crippen LogP contribution >= 0.6 is 0 Å². The van der Waals surface area contributed by atoms with E-state index in [9.17, 15) is 24.0 Å². The smallest absolute Gasteiger partial charge is 0.330 e. The third-order valence-corrected chi connectivity index (χ3v) is 5.25. The Morgan fingerprint density at radius 1 is 1.18 bits per heavy atom. The number of nitrogens with zero attached hydrogens (tertiary/aromatic N) is 1. The van der Waals surface area contributed by atoms with Crippen LogP contribution in [0.1, 0.15) is 39.5 Å². The minimum absolute atomic E-state index is 0.0302. The van der Waals surface area contributed by atoms with Gasteiger partial charge in [0.2, 0.25) is 17.7 Å². The van der Waals surface area contributed by atoms with Crippen LogP contribution in [0.3, 0.4) is 0 Å². The third kappa shape index (κ3) is 9.99. The fourth-order valence-corrected chi connectivity index (χ4v) is 3.06. The average molecular weight is 478 g/mol. The molecule has 0 radical (unpaired) electrons. The molecule has 0 saturated carbocycles. The standard InChI is InChI=1S/C23H35N5O6/c1-4-16(5-2)14-25-20(30)15-28-12-8-10-18(23(28)33)27-22(32)17(26-19(29)13-24)9-6-7-11-21(31)34-3/h7-8,10-12,16-17H,4-6,9,13-15,24H2,1-3H3,(H,25,30)(H,26,29)(H,27,32)/b11-7+/t17-/m0/s1. The zero-order valence-electron chi connectivity index (χ0n) is 20.0. The Morgan fingerprint density at radius 3 is 2.50 bits per heavy atom. The summed E-state index contributed by atoms with van der Waals surface area (Å²) in [6, 6.07) is 1.96. The van der Waals surface area contributed by atoms with Gasteiger partial charge in [0, 0.05) is 18.8 Å². The minimum atomic E-state index is -0.991. The lowest BCUT2D eigenvalue weighted by Crippen LogP contribution is -2.46. The van der Waals surface area contributed by atoms with Crippen LogP contribution in [-0.4, -0.2) is 54.5 Å². The Labute approximate surface area is 199 Å². The van der Waals surface area contributed by atoms with E-state index in [1.165, 1.54) is 42.2 Å². The van der Waals surface area contributed by atoms with Gasteiger partial charge in [-0.15, -0.1) is 0 Å². The Balaban J connectivity index is 2.86. The average Bonchev–Trinajstić information content (AvgIpc) is 2.83. The molecule has 0 aliphatic heterocycles. The largest absolute Gasteiger partial charge is 0.466 e. The number of allylic oxidation sites excluding steroid dienone is 1. The number of carbonyl (C=O) groups excluding carboxylic acids is 4. The summed E-state index contributed by atoms with van der Waals surface area (Å²) >= 11 is 0. The molecule has 1 atom stereocenters. The van der Waals surface area contributed by atoms with Crippen LogP contribution < -0.4 is 27.2 Å². The van der Waals surface area contributed by atoms with Crippen molar-refractivity contribution in [1.82, 2.24) is 15.2 Å². The molecular formula is C23H35N5O6. The van der Waals surface area contributed by atoms with E-state index in [0.717, 1.165) is 12.8 Å². The Morgan fingerprint density at radius 2 is 1.88 bits per heavy atom. The molecule has 0 aliphatic rings. The van der Waals surface area contributed by atoms with Crippen molar-refractivity contribution in [2.75, 3.05) is 25.5 Å². The molecule has 3 amide bonds. The SMILES string of the molecule is CCC(CC)CNC(=O)Cn1cccc(NC(=O)[C@H](CC/C=C/C(=O)OC)NC(=O)CN)c1=O. The molecule has 1 rings (SSSR count). The molecule has 0 aliphatic carbocycles. The van der Waals surface area contributed by atoms with Crippen molar-refractivity contribution in [3.63, 3.8) is 0 Å². The highest BCUT2D eigenvalue weighted by atomic mass is 16.5. The van der Waals surface area contributed by atoms with Gasteiger partial charge in [0.1, 0.15) is 18.3 Å². The van der Waals surface area contributed by atoms with Crippen LogP contribution in [0.15, 0.2) is 35.3 Å². The van der Waals surface area contributed by atoms with Gasteiger partial charge < -0.3 is 31.0 Å². The second kappa shape index (κ2) is 15.4. The number of ether oxygens (including phenoxy) is 1. The van der Waals surface area contributed by atoms with Crippen LogP contribution in [0, 0.1) is 5.92 Å². The maximum absolute atomic E-state index is 12.8. The summed E-state index contributed by atoms with van der Waals surface area (Å²) in [5, 5.41) is 7.82.